The van der Waals surface area contributed by atoms with E-state index in [1.807, 2.05) is 44.5 Å². The summed E-state index contributed by atoms with van der Waals surface area (Å²) in [5.74, 6) is -0.0954. The van der Waals surface area contributed by atoms with Gasteiger partial charge < -0.3 is 5.32 Å². The van der Waals surface area contributed by atoms with Crippen LogP contribution in [0.1, 0.15) is 27.3 Å². The molecule has 3 heterocycles. The normalized spacial score (nSPS) is 10.7. The van der Waals surface area contributed by atoms with Gasteiger partial charge >= 0.3 is 0 Å². The lowest BCUT2D eigenvalue weighted by Gasteiger charge is -2.07. The topological polar surface area (TPSA) is 59.8 Å². The fourth-order valence-corrected chi connectivity index (χ4v) is 3.17. The highest BCUT2D eigenvalue weighted by molar-refractivity contribution is 7.08. The van der Waals surface area contributed by atoms with Crippen LogP contribution < -0.4 is 5.32 Å². The number of nitrogens with zero attached hydrogens (tertiary/aromatic N) is 3. The third kappa shape index (κ3) is 3.17. The summed E-state index contributed by atoms with van der Waals surface area (Å²) >= 11 is 1.64. The number of thiophene rings is 1. The number of pyridine rings is 1. The van der Waals surface area contributed by atoms with Crippen molar-refractivity contribution in [3.63, 3.8) is 0 Å². The molecule has 23 heavy (non-hydrogen) atoms. The van der Waals surface area contributed by atoms with Crippen molar-refractivity contribution in [2.45, 2.75) is 20.4 Å². The summed E-state index contributed by atoms with van der Waals surface area (Å²) in [7, 11) is 1.84. The molecule has 0 aromatic carbocycles. The van der Waals surface area contributed by atoms with Gasteiger partial charge in [-0.2, -0.15) is 16.4 Å². The Morgan fingerprint density at radius 2 is 2.17 bits per heavy atom. The van der Waals surface area contributed by atoms with Crippen molar-refractivity contribution in [3.05, 3.63) is 57.7 Å². The van der Waals surface area contributed by atoms with Gasteiger partial charge in [0.05, 0.1) is 17.0 Å². The van der Waals surface area contributed by atoms with E-state index in [0.29, 0.717) is 12.1 Å². The maximum absolute atomic E-state index is 12.4. The molecule has 5 nitrogen and oxygen atoms in total. The van der Waals surface area contributed by atoms with E-state index in [4.69, 9.17) is 0 Å². The monoisotopic (exact) mass is 326 g/mol. The summed E-state index contributed by atoms with van der Waals surface area (Å²) in [4.78, 5) is 16.8. The van der Waals surface area contributed by atoms with Crippen LogP contribution in [0, 0.1) is 13.8 Å². The zero-order chi connectivity index (χ0) is 16.4. The molecule has 1 N–H and O–H groups in total. The van der Waals surface area contributed by atoms with E-state index < -0.39 is 0 Å². The molecule has 0 spiro atoms. The number of hydrogen-bond acceptors (Lipinski definition) is 4. The molecule has 0 aliphatic heterocycles. The van der Waals surface area contributed by atoms with Crippen LogP contribution >= 0.6 is 11.3 Å². The molecule has 0 saturated carbocycles. The van der Waals surface area contributed by atoms with Gasteiger partial charge in [0.25, 0.3) is 5.91 Å². The molecule has 6 heteroatoms. The first-order chi connectivity index (χ1) is 11.1. The minimum atomic E-state index is -0.0954. The Hall–Kier alpha value is -2.47. The van der Waals surface area contributed by atoms with Gasteiger partial charge in [0.2, 0.25) is 0 Å². The second kappa shape index (κ2) is 6.34. The van der Waals surface area contributed by atoms with E-state index in [1.165, 1.54) is 0 Å². The maximum Gasteiger partial charge on any atom is 0.255 e. The second-order valence-electron chi connectivity index (χ2n) is 5.41. The molecule has 0 fully saturated rings. The van der Waals surface area contributed by atoms with Gasteiger partial charge in [-0.05, 0) is 43.0 Å². The predicted molar refractivity (Wildman–Crippen MR) is 91.4 cm³/mol. The third-order valence-corrected chi connectivity index (χ3v) is 4.51. The fraction of sp³-hybridized carbons (Fsp3) is 0.235. The summed E-state index contributed by atoms with van der Waals surface area (Å²) in [6.45, 7) is 4.21. The standard InChI is InChI=1S/C17H18N4OS/c1-11-16(12(2)21(3)20-11)17(22)19-9-13-4-6-18-15(8-13)14-5-7-23-10-14/h4-8,10H,9H2,1-3H3,(H,19,22). The Labute approximate surface area is 139 Å². The first-order valence-corrected chi connectivity index (χ1v) is 8.26. The van der Waals surface area contributed by atoms with Crippen molar-refractivity contribution in [3.8, 4) is 11.3 Å². The molecule has 3 aromatic heterocycles. The zero-order valence-electron chi connectivity index (χ0n) is 13.3. The van der Waals surface area contributed by atoms with E-state index in [0.717, 1.165) is 28.2 Å². The van der Waals surface area contributed by atoms with Crippen LogP contribution in [0.4, 0.5) is 0 Å². The Balaban J connectivity index is 1.73. The Morgan fingerprint density at radius 1 is 1.35 bits per heavy atom. The fourth-order valence-electron chi connectivity index (χ4n) is 2.53. The van der Waals surface area contributed by atoms with E-state index in [9.17, 15) is 4.79 Å². The van der Waals surface area contributed by atoms with Gasteiger partial charge in [0, 0.05) is 36.4 Å². The summed E-state index contributed by atoms with van der Waals surface area (Å²) in [5, 5.41) is 11.3. The molecular formula is C17H18N4OS. The number of aromatic nitrogens is 3. The van der Waals surface area contributed by atoms with Crippen molar-refractivity contribution in [2.75, 3.05) is 0 Å². The molecule has 118 valence electrons. The lowest BCUT2D eigenvalue weighted by molar-refractivity contribution is 0.0949. The third-order valence-electron chi connectivity index (χ3n) is 3.83. The highest BCUT2D eigenvalue weighted by Gasteiger charge is 2.16. The Bertz CT molecular complexity index is 836. The number of carbonyl (C=O) groups is 1. The van der Waals surface area contributed by atoms with Crippen LogP contribution in [0.5, 0.6) is 0 Å². The van der Waals surface area contributed by atoms with Crippen LogP contribution in [-0.4, -0.2) is 20.7 Å². The summed E-state index contributed by atoms with van der Waals surface area (Å²) in [6, 6.07) is 5.96. The minimum Gasteiger partial charge on any atom is -0.348 e. The predicted octanol–water partition coefficient (Wildman–Crippen LogP) is 3.09. The number of carbonyl (C=O) groups excluding carboxylic acids is 1. The van der Waals surface area contributed by atoms with Crippen molar-refractivity contribution in [2.24, 2.45) is 7.05 Å². The molecule has 3 aromatic rings. The van der Waals surface area contributed by atoms with E-state index in [2.05, 4.69) is 20.8 Å². The molecule has 0 bridgehead atoms. The number of amides is 1. The van der Waals surface area contributed by atoms with Crippen molar-refractivity contribution in [1.82, 2.24) is 20.1 Å². The number of hydrogen-bond donors (Lipinski definition) is 1. The molecule has 1 amide bonds. The molecule has 0 unspecified atom stereocenters. The molecule has 0 aliphatic carbocycles. The minimum absolute atomic E-state index is 0.0954. The summed E-state index contributed by atoms with van der Waals surface area (Å²) < 4.78 is 1.73. The quantitative estimate of drug-likeness (QED) is 0.801. The molecule has 3 rings (SSSR count). The average molecular weight is 326 g/mol. The van der Waals surface area contributed by atoms with Gasteiger partial charge in [0.15, 0.2) is 0 Å². The number of aryl methyl sites for hydroxylation is 2. The van der Waals surface area contributed by atoms with Crippen LogP contribution in [0.25, 0.3) is 11.3 Å². The van der Waals surface area contributed by atoms with Crippen molar-refractivity contribution < 1.29 is 4.79 Å². The zero-order valence-corrected chi connectivity index (χ0v) is 14.1. The SMILES string of the molecule is Cc1nn(C)c(C)c1C(=O)NCc1ccnc(-c2ccsc2)c1. The van der Waals surface area contributed by atoms with E-state index in [1.54, 1.807) is 22.2 Å². The lowest BCUT2D eigenvalue weighted by Crippen LogP contribution is -2.24. The van der Waals surface area contributed by atoms with Crippen LogP contribution in [0.15, 0.2) is 35.2 Å². The highest BCUT2D eigenvalue weighted by atomic mass is 32.1. The van der Waals surface area contributed by atoms with Gasteiger partial charge in [-0.3, -0.25) is 14.5 Å². The molecule has 0 saturated heterocycles. The number of rotatable bonds is 4. The maximum atomic E-state index is 12.4. The number of nitrogens with one attached hydrogen (secondary N) is 1. The molecule has 0 aliphatic rings. The summed E-state index contributed by atoms with van der Waals surface area (Å²) in [6.07, 6.45) is 1.77. The van der Waals surface area contributed by atoms with Gasteiger partial charge in [-0.25, -0.2) is 0 Å². The average Bonchev–Trinajstić information content (AvgIpc) is 3.15. The van der Waals surface area contributed by atoms with Crippen LogP contribution in [0.3, 0.4) is 0 Å². The van der Waals surface area contributed by atoms with E-state index >= 15 is 0 Å². The van der Waals surface area contributed by atoms with Crippen molar-refractivity contribution in [1.29, 1.82) is 0 Å². The van der Waals surface area contributed by atoms with Crippen molar-refractivity contribution >= 4 is 17.2 Å². The first-order valence-electron chi connectivity index (χ1n) is 7.32. The van der Waals surface area contributed by atoms with Gasteiger partial charge in [-0.1, -0.05) is 0 Å². The lowest BCUT2D eigenvalue weighted by atomic mass is 10.1. The Morgan fingerprint density at radius 3 is 2.83 bits per heavy atom. The van der Waals surface area contributed by atoms with Crippen LogP contribution in [0.2, 0.25) is 0 Å². The van der Waals surface area contributed by atoms with Gasteiger partial charge in [0.1, 0.15) is 0 Å². The molecule has 0 radical (unpaired) electrons. The summed E-state index contributed by atoms with van der Waals surface area (Å²) in [5.41, 5.74) is 5.31. The largest absolute Gasteiger partial charge is 0.348 e. The van der Waals surface area contributed by atoms with Crippen LogP contribution in [-0.2, 0) is 13.6 Å². The highest BCUT2D eigenvalue weighted by Crippen LogP contribution is 2.20. The molecular weight excluding hydrogens is 308 g/mol. The van der Waals surface area contributed by atoms with E-state index in [-0.39, 0.29) is 5.91 Å². The first kappa shape index (κ1) is 15.4. The smallest absolute Gasteiger partial charge is 0.255 e. The van der Waals surface area contributed by atoms with Gasteiger partial charge in [-0.15, -0.1) is 0 Å². The second-order valence-corrected chi connectivity index (χ2v) is 6.19. The Kier molecular flexibility index (Phi) is 4.25. The molecule has 0 atom stereocenters.